The average Bonchev–Trinajstić information content (AvgIpc) is 2.20. The van der Waals surface area contributed by atoms with E-state index in [-0.39, 0.29) is 12.2 Å². The molecule has 1 rings (SSSR count). The van der Waals surface area contributed by atoms with Crippen LogP contribution < -0.4 is 5.32 Å². The van der Waals surface area contributed by atoms with E-state index in [2.05, 4.69) is 5.32 Å². The number of benzene rings is 1. The molecule has 0 saturated heterocycles. The zero-order valence-electron chi connectivity index (χ0n) is 9.66. The Kier molecular flexibility index (Phi) is 4.20. The van der Waals surface area contributed by atoms with Gasteiger partial charge in [0.1, 0.15) is 5.82 Å². The number of carboxylic acid groups (broad SMARTS) is 1. The van der Waals surface area contributed by atoms with Crippen LogP contribution in [-0.4, -0.2) is 23.0 Å². The summed E-state index contributed by atoms with van der Waals surface area (Å²) in [5, 5.41) is 11.1. The number of hydrogen-bond acceptors (Lipinski definition) is 2. The Bertz CT molecular complexity index is 445. The molecule has 0 bridgehead atoms. The SMILES string of the molecule is Cc1cc(C(=O)NC(C)CC(=O)O)ccc1F. The van der Waals surface area contributed by atoms with E-state index in [4.69, 9.17) is 5.11 Å². The van der Waals surface area contributed by atoms with Crippen molar-refractivity contribution in [3.63, 3.8) is 0 Å². The van der Waals surface area contributed by atoms with Gasteiger partial charge in [-0.1, -0.05) is 0 Å². The molecule has 4 nitrogen and oxygen atoms in total. The Morgan fingerprint density at radius 1 is 1.47 bits per heavy atom. The van der Waals surface area contributed by atoms with Gasteiger partial charge in [0.25, 0.3) is 5.91 Å². The second-order valence-corrected chi connectivity index (χ2v) is 3.94. The molecule has 0 fully saturated rings. The lowest BCUT2D eigenvalue weighted by atomic mass is 10.1. The maximum Gasteiger partial charge on any atom is 0.305 e. The summed E-state index contributed by atoms with van der Waals surface area (Å²) in [6.07, 6.45) is -0.147. The van der Waals surface area contributed by atoms with Crippen molar-refractivity contribution in [2.24, 2.45) is 0 Å². The van der Waals surface area contributed by atoms with Crippen molar-refractivity contribution in [2.45, 2.75) is 26.3 Å². The molecule has 92 valence electrons. The minimum Gasteiger partial charge on any atom is -0.481 e. The quantitative estimate of drug-likeness (QED) is 0.840. The van der Waals surface area contributed by atoms with Gasteiger partial charge in [-0.15, -0.1) is 0 Å². The second kappa shape index (κ2) is 5.43. The fraction of sp³-hybridized carbons (Fsp3) is 0.333. The number of aryl methyl sites for hydroxylation is 1. The molecule has 0 radical (unpaired) electrons. The molecule has 5 heteroatoms. The number of nitrogens with one attached hydrogen (secondary N) is 1. The Morgan fingerprint density at radius 3 is 2.65 bits per heavy atom. The molecule has 1 unspecified atom stereocenters. The molecule has 1 amide bonds. The van der Waals surface area contributed by atoms with Crippen molar-refractivity contribution in [1.29, 1.82) is 0 Å². The number of hydrogen-bond donors (Lipinski definition) is 2. The smallest absolute Gasteiger partial charge is 0.305 e. The third kappa shape index (κ3) is 3.86. The summed E-state index contributed by atoms with van der Waals surface area (Å²) in [7, 11) is 0. The molecule has 0 aliphatic rings. The van der Waals surface area contributed by atoms with Crippen LogP contribution in [0.15, 0.2) is 18.2 Å². The second-order valence-electron chi connectivity index (χ2n) is 3.94. The molecule has 17 heavy (non-hydrogen) atoms. The van der Waals surface area contributed by atoms with Gasteiger partial charge < -0.3 is 10.4 Å². The minimum absolute atomic E-state index is 0.147. The maximum atomic E-state index is 13.0. The highest BCUT2D eigenvalue weighted by Gasteiger charge is 2.13. The third-order valence-corrected chi connectivity index (χ3v) is 2.28. The molecule has 0 aliphatic heterocycles. The van der Waals surface area contributed by atoms with Crippen molar-refractivity contribution in [2.75, 3.05) is 0 Å². The van der Waals surface area contributed by atoms with Crippen molar-refractivity contribution < 1.29 is 19.1 Å². The average molecular weight is 239 g/mol. The zero-order chi connectivity index (χ0) is 13.0. The van der Waals surface area contributed by atoms with Crippen LogP contribution in [0.5, 0.6) is 0 Å². The summed E-state index contributed by atoms with van der Waals surface area (Å²) >= 11 is 0. The van der Waals surface area contributed by atoms with Crippen LogP contribution in [0, 0.1) is 12.7 Å². The van der Waals surface area contributed by atoms with E-state index in [0.717, 1.165) is 0 Å². The number of carboxylic acids is 1. The van der Waals surface area contributed by atoms with E-state index in [0.29, 0.717) is 11.1 Å². The van der Waals surface area contributed by atoms with Crippen LogP contribution in [0.25, 0.3) is 0 Å². The predicted octanol–water partition coefficient (Wildman–Crippen LogP) is 1.73. The first-order chi connectivity index (χ1) is 7.90. The zero-order valence-corrected chi connectivity index (χ0v) is 9.66. The number of carbonyl (C=O) groups excluding carboxylic acids is 1. The molecule has 1 aromatic carbocycles. The lowest BCUT2D eigenvalue weighted by molar-refractivity contribution is -0.137. The van der Waals surface area contributed by atoms with Gasteiger partial charge in [-0.3, -0.25) is 9.59 Å². The van der Waals surface area contributed by atoms with E-state index in [1.54, 1.807) is 13.8 Å². The monoisotopic (exact) mass is 239 g/mol. The van der Waals surface area contributed by atoms with Crippen LogP contribution >= 0.6 is 0 Å². The van der Waals surface area contributed by atoms with Gasteiger partial charge in [-0.2, -0.15) is 0 Å². The molecular weight excluding hydrogens is 225 g/mol. The van der Waals surface area contributed by atoms with Crippen molar-refractivity contribution >= 4 is 11.9 Å². The minimum atomic E-state index is -0.979. The highest BCUT2D eigenvalue weighted by atomic mass is 19.1. The number of halogens is 1. The molecule has 0 heterocycles. The number of aliphatic carboxylic acids is 1. The Labute approximate surface area is 98.5 Å². The van der Waals surface area contributed by atoms with Crippen LogP contribution in [0.4, 0.5) is 4.39 Å². The topological polar surface area (TPSA) is 66.4 Å². The highest BCUT2D eigenvalue weighted by Crippen LogP contribution is 2.09. The molecular formula is C12H14FNO3. The van der Waals surface area contributed by atoms with Crippen molar-refractivity contribution in [1.82, 2.24) is 5.32 Å². The maximum absolute atomic E-state index is 13.0. The summed E-state index contributed by atoms with van der Waals surface area (Å²) in [6.45, 7) is 3.16. The largest absolute Gasteiger partial charge is 0.481 e. The molecule has 0 spiro atoms. The Morgan fingerprint density at radius 2 is 2.12 bits per heavy atom. The first-order valence-electron chi connectivity index (χ1n) is 5.19. The first-order valence-corrected chi connectivity index (χ1v) is 5.19. The fourth-order valence-electron chi connectivity index (χ4n) is 1.41. The van der Waals surface area contributed by atoms with E-state index >= 15 is 0 Å². The number of carbonyl (C=O) groups is 2. The summed E-state index contributed by atoms with van der Waals surface area (Å²) < 4.78 is 13.0. The Balaban J connectivity index is 2.70. The third-order valence-electron chi connectivity index (χ3n) is 2.28. The van der Waals surface area contributed by atoms with Gasteiger partial charge in [-0.25, -0.2) is 4.39 Å². The number of rotatable bonds is 4. The first kappa shape index (κ1) is 13.2. The molecule has 0 aliphatic carbocycles. The van der Waals surface area contributed by atoms with Gasteiger partial charge in [0.15, 0.2) is 0 Å². The summed E-state index contributed by atoms with van der Waals surface area (Å²) in [5.74, 6) is -1.75. The lowest BCUT2D eigenvalue weighted by Gasteiger charge is -2.11. The van der Waals surface area contributed by atoms with E-state index < -0.39 is 17.9 Å². The number of amides is 1. The van der Waals surface area contributed by atoms with Gasteiger partial charge >= 0.3 is 5.97 Å². The predicted molar refractivity (Wildman–Crippen MR) is 60.3 cm³/mol. The van der Waals surface area contributed by atoms with E-state index in [1.165, 1.54) is 18.2 Å². The van der Waals surface area contributed by atoms with Gasteiger partial charge in [-0.05, 0) is 37.6 Å². The van der Waals surface area contributed by atoms with Crippen LogP contribution in [0.3, 0.4) is 0 Å². The van der Waals surface area contributed by atoms with E-state index in [9.17, 15) is 14.0 Å². The van der Waals surface area contributed by atoms with Crippen molar-refractivity contribution in [3.05, 3.63) is 35.1 Å². The van der Waals surface area contributed by atoms with Crippen LogP contribution in [0.1, 0.15) is 29.3 Å². The molecule has 0 saturated carbocycles. The molecule has 0 aromatic heterocycles. The van der Waals surface area contributed by atoms with Crippen LogP contribution in [0.2, 0.25) is 0 Å². The van der Waals surface area contributed by atoms with Gasteiger partial charge in [0, 0.05) is 11.6 Å². The van der Waals surface area contributed by atoms with E-state index in [1.807, 2.05) is 0 Å². The normalized spacial score (nSPS) is 11.9. The fourth-order valence-corrected chi connectivity index (χ4v) is 1.41. The van der Waals surface area contributed by atoms with Gasteiger partial charge in [0.2, 0.25) is 0 Å². The molecule has 1 aromatic rings. The van der Waals surface area contributed by atoms with Crippen molar-refractivity contribution in [3.8, 4) is 0 Å². The lowest BCUT2D eigenvalue weighted by Crippen LogP contribution is -2.34. The molecule has 1 atom stereocenters. The Hall–Kier alpha value is -1.91. The standard InChI is InChI=1S/C12H14FNO3/c1-7-5-9(3-4-10(7)13)12(17)14-8(2)6-11(15)16/h3-5,8H,6H2,1-2H3,(H,14,17)(H,15,16). The summed E-state index contributed by atoms with van der Waals surface area (Å²) in [5.41, 5.74) is 0.699. The summed E-state index contributed by atoms with van der Waals surface area (Å²) in [6, 6.07) is 3.54. The highest BCUT2D eigenvalue weighted by molar-refractivity contribution is 5.94. The summed E-state index contributed by atoms with van der Waals surface area (Å²) in [4.78, 5) is 22.1. The van der Waals surface area contributed by atoms with Crippen LogP contribution in [-0.2, 0) is 4.79 Å². The molecule has 2 N–H and O–H groups in total. The van der Waals surface area contributed by atoms with Gasteiger partial charge in [0.05, 0.1) is 6.42 Å².